The maximum Gasteiger partial charge on any atom is 0.242 e. The van der Waals surface area contributed by atoms with Crippen LogP contribution in [0.5, 0.6) is 0 Å². The molecule has 2 unspecified atom stereocenters. The van der Waals surface area contributed by atoms with E-state index >= 15 is 0 Å². The van der Waals surface area contributed by atoms with Gasteiger partial charge in [0.1, 0.15) is 0 Å². The molecule has 1 aromatic rings. The monoisotopic (exact) mass is 329 g/mol. The van der Waals surface area contributed by atoms with Gasteiger partial charge in [-0.05, 0) is 38.2 Å². The molecule has 2 aliphatic heterocycles. The van der Waals surface area contributed by atoms with Gasteiger partial charge in [-0.25, -0.2) is 0 Å². The molecule has 2 aliphatic rings. The molecule has 0 aromatic heterocycles. The van der Waals surface area contributed by atoms with Crippen molar-refractivity contribution < 1.29 is 9.59 Å². The van der Waals surface area contributed by atoms with Crippen molar-refractivity contribution in [3.63, 3.8) is 0 Å². The summed E-state index contributed by atoms with van der Waals surface area (Å²) < 4.78 is 0. The van der Waals surface area contributed by atoms with E-state index in [4.69, 9.17) is 0 Å². The smallest absolute Gasteiger partial charge is 0.242 e. The van der Waals surface area contributed by atoms with Crippen molar-refractivity contribution in [3.05, 3.63) is 35.4 Å². The average Bonchev–Trinajstić information content (AvgIpc) is 2.91. The maximum atomic E-state index is 12.3. The molecular formula is C19H27N3O2. The second kappa shape index (κ2) is 7.79. The molecule has 5 heteroatoms. The number of benzene rings is 1. The fourth-order valence-electron chi connectivity index (χ4n) is 3.56. The number of nitrogens with zero attached hydrogens (tertiary/aromatic N) is 1. The summed E-state index contributed by atoms with van der Waals surface area (Å²) in [6, 6.07) is 9.20. The Balaban J connectivity index is 1.39. The minimum absolute atomic E-state index is 0.0352. The molecule has 0 spiro atoms. The first kappa shape index (κ1) is 17.0. The number of hydrogen-bond donors (Lipinski definition) is 2. The van der Waals surface area contributed by atoms with Gasteiger partial charge >= 0.3 is 0 Å². The number of hydrogen-bond acceptors (Lipinski definition) is 3. The summed E-state index contributed by atoms with van der Waals surface area (Å²) in [6.45, 7) is 3.73. The van der Waals surface area contributed by atoms with Crippen LogP contribution in [0.1, 0.15) is 36.8 Å². The predicted molar refractivity (Wildman–Crippen MR) is 93.7 cm³/mol. The van der Waals surface area contributed by atoms with Gasteiger partial charge in [0.2, 0.25) is 11.8 Å². The predicted octanol–water partition coefficient (Wildman–Crippen LogP) is 1.40. The second-order valence-electron chi connectivity index (χ2n) is 7.03. The molecule has 2 atom stereocenters. The number of likely N-dealkylation sites (tertiary alicyclic amines) is 1. The van der Waals surface area contributed by atoms with Crippen LogP contribution in [-0.2, 0) is 16.0 Å². The molecule has 2 amide bonds. The van der Waals surface area contributed by atoms with E-state index in [0.29, 0.717) is 24.9 Å². The van der Waals surface area contributed by atoms with Crippen LogP contribution in [-0.4, -0.2) is 48.4 Å². The van der Waals surface area contributed by atoms with Gasteiger partial charge in [0.15, 0.2) is 0 Å². The molecule has 5 nitrogen and oxygen atoms in total. The van der Waals surface area contributed by atoms with Gasteiger partial charge in [0, 0.05) is 31.6 Å². The van der Waals surface area contributed by atoms with Gasteiger partial charge in [0.05, 0.1) is 6.54 Å². The van der Waals surface area contributed by atoms with Crippen LogP contribution in [0.15, 0.2) is 24.3 Å². The normalized spacial score (nSPS) is 23.0. The first-order valence-electron chi connectivity index (χ1n) is 8.96. The summed E-state index contributed by atoms with van der Waals surface area (Å²) in [4.78, 5) is 26.2. The lowest BCUT2D eigenvalue weighted by atomic mass is 10.1. The molecule has 2 bridgehead atoms. The first-order valence-corrected chi connectivity index (χ1v) is 8.96. The van der Waals surface area contributed by atoms with Crippen molar-refractivity contribution in [1.29, 1.82) is 0 Å². The van der Waals surface area contributed by atoms with Gasteiger partial charge in [-0.15, -0.1) is 0 Å². The summed E-state index contributed by atoms with van der Waals surface area (Å²) in [5.74, 6) is -0.0218. The number of fused-ring (bicyclic) bond motifs is 2. The zero-order valence-corrected chi connectivity index (χ0v) is 14.4. The fraction of sp³-hybridized carbons (Fsp3) is 0.579. The Bertz CT molecular complexity index is 585. The first-order chi connectivity index (χ1) is 11.6. The van der Waals surface area contributed by atoms with Crippen molar-refractivity contribution in [2.24, 2.45) is 0 Å². The summed E-state index contributed by atoms with van der Waals surface area (Å²) in [6.07, 6.45) is 4.52. The van der Waals surface area contributed by atoms with Crippen molar-refractivity contribution in [3.8, 4) is 0 Å². The Morgan fingerprint density at radius 3 is 2.71 bits per heavy atom. The van der Waals surface area contributed by atoms with Gasteiger partial charge in [0.25, 0.3) is 0 Å². The molecule has 24 heavy (non-hydrogen) atoms. The number of carbonyl (C=O) groups excluding carboxylic acids is 2. The van der Waals surface area contributed by atoms with Gasteiger partial charge in [-0.2, -0.15) is 0 Å². The van der Waals surface area contributed by atoms with Crippen LogP contribution in [0.3, 0.4) is 0 Å². The van der Waals surface area contributed by atoms with E-state index in [-0.39, 0.29) is 18.4 Å². The fourth-order valence-corrected chi connectivity index (χ4v) is 3.56. The Kier molecular flexibility index (Phi) is 5.51. The molecule has 0 radical (unpaired) electrons. The lowest BCUT2D eigenvalue weighted by Gasteiger charge is -2.24. The summed E-state index contributed by atoms with van der Waals surface area (Å²) in [7, 11) is 0. The number of carbonyl (C=O) groups is 2. The summed E-state index contributed by atoms with van der Waals surface area (Å²) >= 11 is 0. The van der Waals surface area contributed by atoms with Gasteiger partial charge in [-0.3, -0.25) is 9.59 Å². The minimum Gasteiger partial charge on any atom is -0.347 e. The largest absolute Gasteiger partial charge is 0.347 e. The third-order valence-electron chi connectivity index (χ3n) is 5.07. The maximum absolute atomic E-state index is 12.3. The average molecular weight is 329 g/mol. The molecule has 0 saturated carbocycles. The number of amides is 2. The second-order valence-corrected chi connectivity index (χ2v) is 7.03. The number of rotatable bonds is 5. The van der Waals surface area contributed by atoms with Crippen molar-refractivity contribution in [1.82, 2.24) is 15.5 Å². The topological polar surface area (TPSA) is 61.4 Å². The van der Waals surface area contributed by atoms with Crippen LogP contribution in [0.25, 0.3) is 0 Å². The van der Waals surface area contributed by atoms with E-state index in [9.17, 15) is 9.59 Å². The molecule has 2 saturated heterocycles. The Morgan fingerprint density at radius 1 is 1.17 bits per heavy atom. The highest BCUT2D eigenvalue weighted by Gasteiger charge is 2.30. The van der Waals surface area contributed by atoms with E-state index in [2.05, 4.69) is 22.8 Å². The SMILES string of the molecule is Cc1ccc(CCC(=O)NCC(=O)N2CCC3CCC(C2)N3)cc1. The zero-order valence-electron chi connectivity index (χ0n) is 14.4. The molecule has 2 fully saturated rings. The summed E-state index contributed by atoms with van der Waals surface area (Å²) in [5, 5.41) is 6.34. The molecular weight excluding hydrogens is 302 g/mol. The van der Waals surface area contributed by atoms with E-state index in [1.54, 1.807) is 0 Å². The quantitative estimate of drug-likeness (QED) is 0.858. The van der Waals surface area contributed by atoms with E-state index in [1.165, 1.54) is 12.0 Å². The Labute approximate surface area is 143 Å². The number of nitrogens with one attached hydrogen (secondary N) is 2. The van der Waals surface area contributed by atoms with Crippen LogP contribution < -0.4 is 10.6 Å². The summed E-state index contributed by atoms with van der Waals surface area (Å²) in [5.41, 5.74) is 2.37. The molecule has 2 N–H and O–H groups in total. The Morgan fingerprint density at radius 2 is 1.92 bits per heavy atom. The van der Waals surface area contributed by atoms with Crippen LogP contribution in [0.2, 0.25) is 0 Å². The molecule has 0 aliphatic carbocycles. The van der Waals surface area contributed by atoms with Crippen molar-refractivity contribution in [2.75, 3.05) is 19.6 Å². The van der Waals surface area contributed by atoms with E-state index < -0.39 is 0 Å². The van der Waals surface area contributed by atoms with Crippen LogP contribution >= 0.6 is 0 Å². The highest BCUT2D eigenvalue weighted by molar-refractivity contribution is 5.84. The van der Waals surface area contributed by atoms with Gasteiger partial charge < -0.3 is 15.5 Å². The van der Waals surface area contributed by atoms with Crippen molar-refractivity contribution >= 4 is 11.8 Å². The van der Waals surface area contributed by atoms with Crippen LogP contribution in [0.4, 0.5) is 0 Å². The van der Waals surface area contributed by atoms with E-state index in [1.807, 2.05) is 24.0 Å². The molecule has 1 aromatic carbocycles. The highest BCUT2D eigenvalue weighted by atomic mass is 16.2. The highest BCUT2D eigenvalue weighted by Crippen LogP contribution is 2.20. The molecule has 3 rings (SSSR count). The lowest BCUT2D eigenvalue weighted by Crippen LogP contribution is -2.44. The zero-order chi connectivity index (χ0) is 16.9. The van der Waals surface area contributed by atoms with Crippen LogP contribution in [0, 0.1) is 6.92 Å². The number of aryl methyl sites for hydroxylation is 2. The standard InChI is InChI=1S/C19H27N3O2/c1-14-2-4-15(5-3-14)6-9-18(23)20-12-19(24)22-11-10-16-7-8-17(13-22)21-16/h2-5,16-17,21H,6-13H2,1H3,(H,20,23). The Hall–Kier alpha value is -1.88. The molecule has 2 heterocycles. The third kappa shape index (κ3) is 4.57. The van der Waals surface area contributed by atoms with Crippen molar-refractivity contribution in [2.45, 2.75) is 51.1 Å². The third-order valence-corrected chi connectivity index (χ3v) is 5.07. The minimum atomic E-state index is -0.0570. The lowest BCUT2D eigenvalue weighted by molar-refractivity contribution is -0.133. The van der Waals surface area contributed by atoms with Gasteiger partial charge in [-0.1, -0.05) is 29.8 Å². The molecule has 130 valence electrons. The van der Waals surface area contributed by atoms with E-state index in [0.717, 1.165) is 31.5 Å².